The number of nitrogens with zero attached hydrogens (tertiary/aromatic N) is 3. The lowest BCUT2D eigenvalue weighted by molar-refractivity contribution is 0.668. The maximum absolute atomic E-state index is 6.67. The highest BCUT2D eigenvalue weighted by molar-refractivity contribution is 6.17. The van der Waals surface area contributed by atoms with E-state index in [-0.39, 0.29) is 0 Å². The number of hydrogen-bond donors (Lipinski definition) is 0. The smallest absolute Gasteiger partial charge is 0.160 e. The van der Waals surface area contributed by atoms with Crippen LogP contribution in [0.1, 0.15) is 0 Å². The lowest BCUT2D eigenvalue weighted by Crippen LogP contribution is -1.96. The Morgan fingerprint density at radius 3 is 1.68 bits per heavy atom. The molecule has 0 unspecified atom stereocenters. The third-order valence-corrected chi connectivity index (χ3v) is 10.6. The van der Waals surface area contributed by atoms with Gasteiger partial charge in [0.15, 0.2) is 5.82 Å². The fourth-order valence-corrected chi connectivity index (χ4v) is 7.84. The van der Waals surface area contributed by atoms with E-state index >= 15 is 0 Å². The van der Waals surface area contributed by atoms with Crippen LogP contribution < -0.4 is 0 Å². The Morgan fingerprint density at radius 1 is 0.357 bits per heavy atom. The molecule has 56 heavy (non-hydrogen) atoms. The minimum atomic E-state index is 0.683. The lowest BCUT2D eigenvalue weighted by Gasteiger charge is -2.11. The number of rotatable bonds is 6. The fourth-order valence-electron chi connectivity index (χ4n) is 7.84. The van der Waals surface area contributed by atoms with Gasteiger partial charge in [-0.2, -0.15) is 0 Å². The quantitative estimate of drug-likeness (QED) is 0.171. The van der Waals surface area contributed by atoms with Crippen LogP contribution in [0.4, 0.5) is 0 Å². The molecule has 0 amide bonds. The number of pyridine rings is 1. The molecular formula is C51H31N3O2. The molecule has 0 atom stereocenters. The molecule has 0 aliphatic carbocycles. The van der Waals surface area contributed by atoms with Crippen molar-refractivity contribution in [2.45, 2.75) is 0 Å². The first kappa shape index (κ1) is 31.9. The minimum absolute atomic E-state index is 0.683. The standard InChI is InChI=1S/C51H31N3O2/c1-2-9-36(10-3-1)51-53-44(34-20-16-32(17-21-34)38-11-8-28-52-31-38)30-45(54-51)35-22-18-33(19-23-35)39-25-26-40(50-49(39)42-13-5-7-15-47(42)56-50)37-24-27-48-43(29-37)41-12-4-6-14-46(41)55-48/h1-31H. The van der Waals surface area contributed by atoms with Crippen LogP contribution in [0.25, 0.3) is 111 Å². The molecule has 0 radical (unpaired) electrons. The summed E-state index contributed by atoms with van der Waals surface area (Å²) in [5, 5.41) is 4.37. The first-order valence-electron chi connectivity index (χ1n) is 18.7. The zero-order valence-electron chi connectivity index (χ0n) is 30.1. The van der Waals surface area contributed by atoms with Crippen molar-refractivity contribution in [1.29, 1.82) is 0 Å². The number of benzene rings is 7. The summed E-state index contributed by atoms with van der Waals surface area (Å²) in [6, 6.07) is 60.7. The van der Waals surface area contributed by atoms with E-state index in [0.29, 0.717) is 5.82 Å². The van der Waals surface area contributed by atoms with Crippen LogP contribution in [0.5, 0.6) is 0 Å². The van der Waals surface area contributed by atoms with E-state index in [1.165, 1.54) is 0 Å². The highest BCUT2D eigenvalue weighted by Gasteiger charge is 2.19. The summed E-state index contributed by atoms with van der Waals surface area (Å²) in [6.07, 6.45) is 3.67. The van der Waals surface area contributed by atoms with Crippen molar-refractivity contribution in [3.63, 3.8) is 0 Å². The third kappa shape index (κ3) is 5.45. The Hall–Kier alpha value is -7.63. The number of aromatic nitrogens is 3. The highest BCUT2D eigenvalue weighted by Crippen LogP contribution is 2.43. The Morgan fingerprint density at radius 2 is 0.946 bits per heavy atom. The summed E-state index contributed by atoms with van der Waals surface area (Å²) < 4.78 is 12.8. The van der Waals surface area contributed by atoms with E-state index in [0.717, 1.165) is 105 Å². The van der Waals surface area contributed by atoms with E-state index in [2.05, 4.69) is 132 Å². The van der Waals surface area contributed by atoms with Crippen LogP contribution >= 0.6 is 0 Å². The monoisotopic (exact) mass is 717 g/mol. The van der Waals surface area contributed by atoms with E-state index in [1.54, 1.807) is 6.20 Å². The van der Waals surface area contributed by atoms with Crippen molar-refractivity contribution < 1.29 is 8.83 Å². The van der Waals surface area contributed by atoms with Crippen LogP contribution in [0.2, 0.25) is 0 Å². The van der Waals surface area contributed by atoms with Crippen molar-refractivity contribution in [2.24, 2.45) is 0 Å². The zero-order valence-corrected chi connectivity index (χ0v) is 30.1. The van der Waals surface area contributed by atoms with Crippen molar-refractivity contribution in [2.75, 3.05) is 0 Å². The number of furan rings is 2. The van der Waals surface area contributed by atoms with Gasteiger partial charge in [0.1, 0.15) is 22.3 Å². The fraction of sp³-hybridized carbons (Fsp3) is 0. The molecule has 0 aliphatic rings. The van der Waals surface area contributed by atoms with Crippen LogP contribution in [0, 0.1) is 0 Å². The van der Waals surface area contributed by atoms with Crippen molar-refractivity contribution >= 4 is 43.9 Å². The highest BCUT2D eigenvalue weighted by atomic mass is 16.3. The van der Waals surface area contributed by atoms with Gasteiger partial charge in [-0.1, -0.05) is 133 Å². The van der Waals surface area contributed by atoms with E-state index in [9.17, 15) is 0 Å². The van der Waals surface area contributed by atoms with Crippen LogP contribution in [0.15, 0.2) is 197 Å². The molecule has 0 saturated heterocycles. The molecule has 0 aliphatic heterocycles. The van der Waals surface area contributed by atoms with Gasteiger partial charge in [0.2, 0.25) is 0 Å². The molecular weight excluding hydrogens is 687 g/mol. The zero-order chi connectivity index (χ0) is 37.0. The summed E-state index contributed by atoms with van der Waals surface area (Å²) in [4.78, 5) is 14.4. The van der Waals surface area contributed by atoms with Crippen LogP contribution in [-0.2, 0) is 0 Å². The minimum Gasteiger partial charge on any atom is -0.456 e. The molecule has 0 spiro atoms. The van der Waals surface area contributed by atoms with Crippen molar-refractivity contribution in [3.8, 4) is 67.3 Å². The third-order valence-electron chi connectivity index (χ3n) is 10.6. The largest absolute Gasteiger partial charge is 0.456 e. The number of hydrogen-bond acceptors (Lipinski definition) is 5. The SMILES string of the molecule is c1ccc(-c2nc(-c3ccc(-c4cccnc4)cc3)cc(-c3ccc(-c4ccc(-c5ccc6oc7ccccc7c6c5)c5oc6ccccc6c45)cc3)n2)cc1. The molecule has 7 aromatic carbocycles. The average Bonchev–Trinajstić information content (AvgIpc) is 3.85. The molecule has 0 saturated carbocycles. The topological polar surface area (TPSA) is 65.0 Å². The lowest BCUT2D eigenvalue weighted by atomic mass is 9.93. The molecule has 4 aromatic heterocycles. The summed E-state index contributed by atoms with van der Waals surface area (Å²) in [5.41, 5.74) is 14.7. The maximum atomic E-state index is 6.67. The Balaban J connectivity index is 1.01. The van der Waals surface area contributed by atoms with Crippen molar-refractivity contribution in [1.82, 2.24) is 15.0 Å². The Bertz CT molecular complexity index is 3220. The second-order valence-corrected chi connectivity index (χ2v) is 14.0. The van der Waals surface area contributed by atoms with E-state index < -0.39 is 0 Å². The molecule has 5 heteroatoms. The van der Waals surface area contributed by atoms with Gasteiger partial charge in [-0.25, -0.2) is 9.97 Å². The predicted octanol–water partition coefficient (Wildman–Crippen LogP) is 13.7. The summed E-state index contributed by atoms with van der Waals surface area (Å²) in [5.74, 6) is 0.683. The van der Waals surface area contributed by atoms with Gasteiger partial charge in [-0.05, 0) is 70.3 Å². The van der Waals surface area contributed by atoms with Crippen LogP contribution in [0.3, 0.4) is 0 Å². The van der Waals surface area contributed by atoms with Gasteiger partial charge in [0.25, 0.3) is 0 Å². The summed E-state index contributed by atoms with van der Waals surface area (Å²) in [6.45, 7) is 0. The van der Waals surface area contributed by atoms with Gasteiger partial charge in [-0.15, -0.1) is 0 Å². The molecule has 0 N–H and O–H groups in total. The molecule has 11 rings (SSSR count). The van der Waals surface area contributed by atoms with Gasteiger partial charge in [0, 0.05) is 56.2 Å². The molecule has 5 nitrogen and oxygen atoms in total. The molecule has 262 valence electrons. The number of para-hydroxylation sites is 2. The van der Waals surface area contributed by atoms with Crippen molar-refractivity contribution in [3.05, 3.63) is 188 Å². The maximum Gasteiger partial charge on any atom is 0.160 e. The Labute approximate surface area is 322 Å². The molecule has 4 heterocycles. The van der Waals surface area contributed by atoms with E-state index in [1.807, 2.05) is 54.7 Å². The van der Waals surface area contributed by atoms with E-state index in [4.69, 9.17) is 18.8 Å². The first-order chi connectivity index (χ1) is 27.7. The summed E-state index contributed by atoms with van der Waals surface area (Å²) >= 11 is 0. The Kier molecular flexibility index (Phi) is 7.42. The van der Waals surface area contributed by atoms with Gasteiger partial charge < -0.3 is 8.83 Å². The average molecular weight is 718 g/mol. The molecule has 0 fully saturated rings. The van der Waals surface area contributed by atoms with Gasteiger partial charge >= 0.3 is 0 Å². The second-order valence-electron chi connectivity index (χ2n) is 14.0. The second kappa shape index (κ2) is 13.0. The normalized spacial score (nSPS) is 11.6. The summed E-state index contributed by atoms with van der Waals surface area (Å²) in [7, 11) is 0. The first-order valence-corrected chi connectivity index (χ1v) is 18.7. The molecule has 0 bridgehead atoms. The molecule has 11 aromatic rings. The van der Waals surface area contributed by atoms with Gasteiger partial charge in [-0.3, -0.25) is 4.98 Å². The van der Waals surface area contributed by atoms with Gasteiger partial charge in [0.05, 0.1) is 11.4 Å². The number of fused-ring (bicyclic) bond motifs is 6. The predicted molar refractivity (Wildman–Crippen MR) is 227 cm³/mol. The van der Waals surface area contributed by atoms with Crippen LogP contribution in [-0.4, -0.2) is 15.0 Å².